The van der Waals surface area contributed by atoms with Gasteiger partial charge in [-0.05, 0) is 12.1 Å². The Morgan fingerprint density at radius 2 is 2.10 bits per heavy atom. The monoisotopic (exact) mass is 311 g/mol. The molecule has 0 saturated heterocycles. The van der Waals surface area contributed by atoms with Crippen LogP contribution < -0.4 is 15.2 Å². The van der Waals surface area contributed by atoms with E-state index in [1.165, 1.54) is 18.8 Å². The van der Waals surface area contributed by atoms with E-state index in [0.717, 1.165) is 11.8 Å². The van der Waals surface area contributed by atoms with E-state index in [-0.39, 0.29) is 10.9 Å². The molecule has 21 heavy (non-hydrogen) atoms. The fourth-order valence-corrected chi connectivity index (χ4v) is 2.38. The molecule has 112 valence electrons. The highest BCUT2D eigenvalue weighted by atomic mass is 32.2. The van der Waals surface area contributed by atoms with Gasteiger partial charge in [0, 0.05) is 6.07 Å². The van der Waals surface area contributed by atoms with Crippen molar-refractivity contribution in [2.75, 3.05) is 20.0 Å². The highest BCUT2D eigenvalue weighted by Gasteiger charge is 2.14. The molecule has 0 saturated carbocycles. The summed E-state index contributed by atoms with van der Waals surface area (Å²) < 4.78 is 11.6. The Kier molecular flexibility index (Phi) is 4.53. The molecule has 0 atom stereocenters. The van der Waals surface area contributed by atoms with E-state index in [0.29, 0.717) is 17.2 Å². The zero-order valence-corrected chi connectivity index (χ0v) is 12.1. The lowest BCUT2D eigenvalue weighted by Gasteiger charge is -2.10. The zero-order chi connectivity index (χ0) is 15.4. The number of aliphatic carboxylic acids is 1. The van der Waals surface area contributed by atoms with Crippen LogP contribution in [0.1, 0.15) is 0 Å². The Hall–Kier alpha value is -2.42. The molecule has 0 amide bonds. The minimum absolute atomic E-state index is 0.197. The van der Waals surface area contributed by atoms with Gasteiger partial charge in [-0.25, -0.2) is 14.5 Å². The van der Waals surface area contributed by atoms with Crippen LogP contribution in [-0.2, 0) is 4.79 Å². The molecule has 0 spiro atoms. The summed E-state index contributed by atoms with van der Waals surface area (Å²) in [4.78, 5) is 22.5. The maximum absolute atomic E-state index is 11.9. The second-order valence-corrected chi connectivity index (χ2v) is 4.81. The molecule has 0 radical (unpaired) electrons. The molecule has 1 aromatic carbocycles. The number of carbonyl (C=O) groups is 1. The van der Waals surface area contributed by atoms with Crippen LogP contribution in [0.2, 0.25) is 0 Å². The minimum Gasteiger partial charge on any atom is -0.493 e. The number of aromatic amines is 1. The van der Waals surface area contributed by atoms with Crippen LogP contribution in [0.5, 0.6) is 11.5 Å². The van der Waals surface area contributed by atoms with Gasteiger partial charge in [-0.15, -0.1) is 5.10 Å². The second-order valence-electron chi connectivity index (χ2n) is 3.87. The highest BCUT2D eigenvalue weighted by molar-refractivity contribution is 7.99. The van der Waals surface area contributed by atoms with E-state index in [4.69, 9.17) is 14.6 Å². The number of nitrogens with zero attached hydrogens (tertiary/aromatic N) is 2. The number of rotatable bonds is 6. The Balaban J connectivity index is 2.44. The maximum Gasteiger partial charge on any atom is 0.348 e. The SMILES string of the molecule is COc1ccc(-n2c(SCC(=O)O)n[nH]c2=O)cc1OC. The number of carboxylic acid groups (broad SMARTS) is 1. The second kappa shape index (κ2) is 6.35. The van der Waals surface area contributed by atoms with Crippen LogP contribution in [0.4, 0.5) is 0 Å². The molecule has 2 aromatic rings. The molecular formula is C12H13N3O5S. The van der Waals surface area contributed by atoms with Gasteiger partial charge in [0.05, 0.1) is 25.7 Å². The number of thioether (sulfide) groups is 1. The van der Waals surface area contributed by atoms with E-state index in [1.54, 1.807) is 18.2 Å². The summed E-state index contributed by atoms with van der Waals surface area (Å²) in [6.45, 7) is 0. The van der Waals surface area contributed by atoms with Crippen molar-refractivity contribution in [3.63, 3.8) is 0 Å². The molecule has 0 bridgehead atoms. The van der Waals surface area contributed by atoms with Crippen LogP contribution in [0, 0.1) is 0 Å². The fourth-order valence-electron chi connectivity index (χ4n) is 1.70. The molecule has 0 aliphatic carbocycles. The summed E-state index contributed by atoms with van der Waals surface area (Å²) in [7, 11) is 3.00. The van der Waals surface area contributed by atoms with Crippen molar-refractivity contribution in [1.82, 2.24) is 14.8 Å². The summed E-state index contributed by atoms with van der Waals surface area (Å²) in [5, 5.41) is 15.1. The number of ether oxygens (including phenoxy) is 2. The number of hydrogen-bond acceptors (Lipinski definition) is 6. The summed E-state index contributed by atoms with van der Waals surface area (Å²) in [5.41, 5.74) is 0.0365. The summed E-state index contributed by atoms with van der Waals surface area (Å²) in [6, 6.07) is 4.92. The Bertz CT molecular complexity index is 709. The number of methoxy groups -OCH3 is 2. The van der Waals surface area contributed by atoms with Crippen molar-refractivity contribution < 1.29 is 19.4 Å². The van der Waals surface area contributed by atoms with Gasteiger partial charge < -0.3 is 14.6 Å². The number of nitrogens with one attached hydrogen (secondary N) is 1. The third-order valence-electron chi connectivity index (χ3n) is 2.59. The van der Waals surface area contributed by atoms with Crippen LogP contribution in [0.3, 0.4) is 0 Å². The van der Waals surface area contributed by atoms with Gasteiger partial charge in [0.15, 0.2) is 16.7 Å². The first-order valence-corrected chi connectivity index (χ1v) is 6.79. The number of benzene rings is 1. The topological polar surface area (TPSA) is 106 Å². The van der Waals surface area contributed by atoms with Gasteiger partial charge in [-0.1, -0.05) is 11.8 Å². The lowest BCUT2D eigenvalue weighted by molar-refractivity contribution is -0.133. The highest BCUT2D eigenvalue weighted by Crippen LogP contribution is 2.29. The van der Waals surface area contributed by atoms with Gasteiger partial charge in [-0.2, -0.15) is 0 Å². The standard InChI is InChI=1S/C12H13N3O5S/c1-19-8-4-3-7(5-9(8)20-2)15-11(18)13-14-12(15)21-6-10(16)17/h3-5H,6H2,1-2H3,(H,13,18)(H,16,17). The summed E-state index contributed by atoms with van der Waals surface area (Å²) in [5.74, 6) is -0.207. The molecular weight excluding hydrogens is 298 g/mol. The normalized spacial score (nSPS) is 10.4. The fraction of sp³-hybridized carbons (Fsp3) is 0.250. The molecule has 2 N–H and O–H groups in total. The largest absolute Gasteiger partial charge is 0.493 e. The number of aromatic nitrogens is 3. The smallest absolute Gasteiger partial charge is 0.348 e. The van der Waals surface area contributed by atoms with Crippen molar-refractivity contribution in [3.05, 3.63) is 28.7 Å². The van der Waals surface area contributed by atoms with Crippen LogP contribution in [-0.4, -0.2) is 45.8 Å². The molecule has 2 rings (SSSR count). The Morgan fingerprint density at radius 1 is 1.38 bits per heavy atom. The van der Waals surface area contributed by atoms with Crippen LogP contribution in [0.15, 0.2) is 28.2 Å². The van der Waals surface area contributed by atoms with Crippen molar-refractivity contribution >= 4 is 17.7 Å². The molecule has 0 aliphatic rings. The third-order valence-corrected chi connectivity index (χ3v) is 3.51. The molecule has 9 heteroatoms. The zero-order valence-electron chi connectivity index (χ0n) is 11.3. The minimum atomic E-state index is -0.991. The summed E-state index contributed by atoms with van der Waals surface area (Å²) in [6.07, 6.45) is 0. The quantitative estimate of drug-likeness (QED) is 0.758. The van der Waals surface area contributed by atoms with E-state index < -0.39 is 11.7 Å². The van der Waals surface area contributed by atoms with Crippen molar-refractivity contribution in [3.8, 4) is 17.2 Å². The molecule has 0 fully saturated rings. The molecule has 1 heterocycles. The van der Waals surface area contributed by atoms with E-state index in [9.17, 15) is 9.59 Å². The first-order chi connectivity index (χ1) is 10.1. The third kappa shape index (κ3) is 3.19. The van der Waals surface area contributed by atoms with Crippen molar-refractivity contribution in [1.29, 1.82) is 0 Å². The number of H-pyrrole nitrogens is 1. The predicted octanol–water partition coefficient (Wildman–Crippen LogP) is 0.754. The molecule has 1 aromatic heterocycles. The van der Waals surface area contributed by atoms with Crippen molar-refractivity contribution in [2.24, 2.45) is 0 Å². The Morgan fingerprint density at radius 3 is 2.71 bits per heavy atom. The van der Waals surface area contributed by atoms with E-state index >= 15 is 0 Å². The van der Waals surface area contributed by atoms with Gasteiger partial charge in [0.1, 0.15) is 0 Å². The number of carboxylic acids is 1. The average molecular weight is 311 g/mol. The lowest BCUT2D eigenvalue weighted by atomic mass is 10.2. The predicted molar refractivity (Wildman–Crippen MR) is 75.6 cm³/mol. The van der Waals surface area contributed by atoms with Crippen LogP contribution >= 0.6 is 11.8 Å². The van der Waals surface area contributed by atoms with Gasteiger partial charge in [0.2, 0.25) is 0 Å². The molecule has 8 nitrogen and oxygen atoms in total. The van der Waals surface area contributed by atoms with Gasteiger partial charge >= 0.3 is 11.7 Å². The average Bonchev–Trinajstić information content (AvgIpc) is 2.85. The van der Waals surface area contributed by atoms with Gasteiger partial charge in [-0.3, -0.25) is 4.79 Å². The maximum atomic E-state index is 11.9. The molecule has 0 aliphatic heterocycles. The Labute approximate surface area is 123 Å². The van der Waals surface area contributed by atoms with Gasteiger partial charge in [0.25, 0.3) is 0 Å². The molecule has 0 unspecified atom stereocenters. The van der Waals surface area contributed by atoms with Crippen molar-refractivity contribution in [2.45, 2.75) is 5.16 Å². The lowest BCUT2D eigenvalue weighted by Crippen LogP contribution is -2.16. The van der Waals surface area contributed by atoms with E-state index in [1.807, 2.05) is 0 Å². The first-order valence-electron chi connectivity index (χ1n) is 5.81. The van der Waals surface area contributed by atoms with Crippen LogP contribution in [0.25, 0.3) is 5.69 Å². The first kappa shape index (κ1) is 15.0. The van der Waals surface area contributed by atoms with E-state index in [2.05, 4.69) is 10.2 Å². The summed E-state index contributed by atoms with van der Waals surface area (Å²) >= 11 is 0.943. The number of hydrogen-bond donors (Lipinski definition) is 2.